The summed E-state index contributed by atoms with van der Waals surface area (Å²) >= 11 is 12.2. The van der Waals surface area contributed by atoms with Gasteiger partial charge in [-0.1, -0.05) is 65.7 Å². The molecule has 0 spiro atoms. The zero-order valence-electron chi connectivity index (χ0n) is 33.8. The van der Waals surface area contributed by atoms with E-state index in [0.29, 0.717) is 45.5 Å². The van der Waals surface area contributed by atoms with E-state index in [2.05, 4.69) is 15.3 Å². The summed E-state index contributed by atoms with van der Waals surface area (Å²) in [5.74, 6) is -0.381. The van der Waals surface area contributed by atoms with Crippen molar-refractivity contribution in [3.05, 3.63) is 158 Å². The lowest BCUT2D eigenvalue weighted by atomic mass is 9.91. The van der Waals surface area contributed by atoms with Crippen LogP contribution in [0.25, 0.3) is 11.1 Å². The number of carbonyl (C=O) groups excluding carboxylic acids is 2. The second-order valence-corrected chi connectivity index (χ2v) is 16.1. The summed E-state index contributed by atoms with van der Waals surface area (Å²) in [5.41, 5.74) is 8.37. The van der Waals surface area contributed by atoms with Crippen LogP contribution in [0.4, 0.5) is 0 Å². The van der Waals surface area contributed by atoms with Crippen molar-refractivity contribution in [1.29, 1.82) is 0 Å². The number of hydrogen-bond donors (Lipinski definition) is 2. The molecule has 8 rings (SSSR count). The minimum Gasteiger partial charge on any atom is -0.489 e. The molecule has 0 aliphatic carbocycles. The maximum absolute atomic E-state index is 14.2. The molecule has 6 aromatic rings. The summed E-state index contributed by atoms with van der Waals surface area (Å²) in [6.07, 6.45) is 1.45. The third kappa shape index (κ3) is 8.92. The Bertz CT molecular complexity index is 2650. The molecule has 12 nitrogen and oxygen atoms in total. The number of rotatable bonds is 11. The van der Waals surface area contributed by atoms with Crippen LogP contribution < -0.4 is 19.5 Å². The van der Waals surface area contributed by atoms with E-state index in [-0.39, 0.29) is 31.8 Å². The van der Waals surface area contributed by atoms with E-state index in [1.165, 1.54) is 4.90 Å². The van der Waals surface area contributed by atoms with Gasteiger partial charge in [-0.25, -0.2) is 9.78 Å². The molecule has 0 bridgehead atoms. The van der Waals surface area contributed by atoms with Crippen LogP contribution in [0.2, 0.25) is 10.0 Å². The van der Waals surface area contributed by atoms with Crippen LogP contribution in [0.5, 0.6) is 17.2 Å². The fraction of sp³-hybridized carbons (Fsp3) is 0.255. The van der Waals surface area contributed by atoms with Crippen molar-refractivity contribution in [2.75, 3.05) is 6.61 Å². The highest BCUT2D eigenvalue weighted by atomic mass is 35.5. The molecule has 2 aromatic heterocycles. The molecular weight excluding hydrogens is 819 g/mol. The number of aryl methyl sites for hydroxylation is 3. The first-order chi connectivity index (χ1) is 29.3. The summed E-state index contributed by atoms with van der Waals surface area (Å²) < 4.78 is 24.3. The molecule has 4 aromatic carbocycles. The van der Waals surface area contributed by atoms with Gasteiger partial charge in [0.05, 0.1) is 15.7 Å². The van der Waals surface area contributed by atoms with Gasteiger partial charge in [-0.15, -0.1) is 0 Å². The Morgan fingerprint density at radius 2 is 1.62 bits per heavy atom. The van der Waals surface area contributed by atoms with Gasteiger partial charge in [0.2, 0.25) is 11.7 Å². The van der Waals surface area contributed by atoms with Crippen LogP contribution in [-0.4, -0.2) is 56.4 Å². The first-order valence-corrected chi connectivity index (χ1v) is 20.5. The Morgan fingerprint density at radius 3 is 2.33 bits per heavy atom. The molecule has 312 valence electrons. The Labute approximate surface area is 362 Å². The van der Waals surface area contributed by atoms with Crippen molar-refractivity contribution < 1.29 is 38.1 Å². The van der Waals surface area contributed by atoms with E-state index in [0.717, 1.165) is 50.2 Å². The molecule has 14 heteroatoms. The zero-order valence-corrected chi connectivity index (χ0v) is 35.3. The lowest BCUT2D eigenvalue weighted by Crippen LogP contribution is -2.56. The Morgan fingerprint density at radius 1 is 0.885 bits per heavy atom. The SMILES string of the molecule is Cc1nc(C)c(C(=O)N2Cc3cc4c(cc3C[C@H]2C(=O)NC(Cc2ccc(-c3ccnc(C)c3C)cc2)C(=O)O)OC[C@H](c2ccc(OCc3ccc(Cl)c(Cl)c3)cc2)O4)o1. The molecule has 2 N–H and O–H groups in total. The van der Waals surface area contributed by atoms with Gasteiger partial charge in [-0.3, -0.25) is 14.6 Å². The molecule has 3 atom stereocenters. The van der Waals surface area contributed by atoms with Crippen LogP contribution in [0.15, 0.2) is 95.5 Å². The van der Waals surface area contributed by atoms with Crippen LogP contribution in [0, 0.1) is 27.7 Å². The van der Waals surface area contributed by atoms with Crippen molar-refractivity contribution in [3.63, 3.8) is 0 Å². The van der Waals surface area contributed by atoms with Crippen LogP contribution in [0.1, 0.15) is 67.3 Å². The van der Waals surface area contributed by atoms with Crippen LogP contribution in [-0.2, 0) is 35.6 Å². The molecule has 1 unspecified atom stereocenters. The fourth-order valence-electron chi connectivity index (χ4n) is 7.68. The Hall–Kier alpha value is -6.37. The second kappa shape index (κ2) is 17.3. The molecule has 2 amide bonds. The topological polar surface area (TPSA) is 153 Å². The number of amides is 2. The number of carboxylic acid groups (broad SMARTS) is 1. The molecule has 4 heterocycles. The number of oxazole rings is 1. The molecule has 0 saturated carbocycles. The van der Waals surface area contributed by atoms with Gasteiger partial charge in [0, 0.05) is 38.2 Å². The highest BCUT2D eigenvalue weighted by molar-refractivity contribution is 6.42. The van der Waals surface area contributed by atoms with Gasteiger partial charge in [-0.05, 0) is 108 Å². The van der Waals surface area contributed by atoms with Crippen molar-refractivity contribution in [2.24, 2.45) is 0 Å². The predicted molar refractivity (Wildman–Crippen MR) is 228 cm³/mol. The van der Waals surface area contributed by atoms with Gasteiger partial charge < -0.3 is 34.0 Å². The number of ether oxygens (including phenoxy) is 3. The van der Waals surface area contributed by atoms with Crippen molar-refractivity contribution in [2.45, 2.75) is 71.9 Å². The normalized spacial score (nSPS) is 16.1. The summed E-state index contributed by atoms with van der Waals surface area (Å²) in [6, 6.07) is 23.7. The lowest BCUT2D eigenvalue weighted by molar-refractivity contribution is -0.142. The summed E-state index contributed by atoms with van der Waals surface area (Å²) in [6.45, 7) is 7.83. The van der Waals surface area contributed by atoms with E-state index in [1.807, 2.05) is 86.6 Å². The number of carbonyl (C=O) groups is 3. The quantitative estimate of drug-likeness (QED) is 0.129. The van der Waals surface area contributed by atoms with E-state index in [4.69, 9.17) is 41.8 Å². The lowest BCUT2D eigenvalue weighted by Gasteiger charge is -2.37. The number of aliphatic carboxylic acids is 1. The smallest absolute Gasteiger partial charge is 0.326 e. The van der Waals surface area contributed by atoms with Crippen molar-refractivity contribution in [1.82, 2.24) is 20.2 Å². The minimum absolute atomic E-state index is 0.00949. The number of halogens is 2. The summed E-state index contributed by atoms with van der Waals surface area (Å²) in [5, 5.41) is 14.0. The Balaban J connectivity index is 0.993. The molecule has 0 saturated heterocycles. The van der Waals surface area contributed by atoms with Gasteiger partial charge in [0.1, 0.15) is 31.0 Å². The van der Waals surface area contributed by atoms with Gasteiger partial charge in [0.15, 0.2) is 23.5 Å². The molecule has 2 aliphatic rings. The fourth-order valence-corrected chi connectivity index (χ4v) is 8.00. The zero-order chi connectivity index (χ0) is 42.9. The van der Waals surface area contributed by atoms with Gasteiger partial charge in [-0.2, -0.15) is 0 Å². The van der Waals surface area contributed by atoms with E-state index in [1.54, 1.807) is 32.2 Å². The number of fused-ring (bicyclic) bond motifs is 2. The number of nitrogens with one attached hydrogen (secondary N) is 1. The number of aromatic nitrogens is 2. The Kier molecular flexibility index (Phi) is 11.7. The largest absolute Gasteiger partial charge is 0.489 e. The van der Waals surface area contributed by atoms with Gasteiger partial charge in [0.25, 0.3) is 5.91 Å². The second-order valence-electron chi connectivity index (χ2n) is 15.3. The number of pyridine rings is 1. The first-order valence-electron chi connectivity index (χ1n) is 19.7. The average molecular weight is 862 g/mol. The highest BCUT2D eigenvalue weighted by Crippen LogP contribution is 2.41. The van der Waals surface area contributed by atoms with Crippen LogP contribution >= 0.6 is 23.2 Å². The molecule has 61 heavy (non-hydrogen) atoms. The number of benzene rings is 4. The monoisotopic (exact) mass is 860 g/mol. The van der Waals surface area contributed by atoms with E-state index in [9.17, 15) is 19.5 Å². The number of nitrogens with zero attached hydrogens (tertiary/aromatic N) is 3. The summed E-state index contributed by atoms with van der Waals surface area (Å²) in [7, 11) is 0. The van der Waals surface area contributed by atoms with Crippen LogP contribution in [0.3, 0.4) is 0 Å². The standard InChI is InChI=1S/C47H42Cl2N4O8/c1-25-26(2)50-16-15-36(25)31-8-5-29(6-9-31)18-39(47(56)57)52-45(54)40-19-33-20-41-42(21-34(33)22-53(40)46(55)44-27(3)51-28(4)60-44)61-43(24-59-41)32-10-12-35(13-11-32)58-23-30-7-14-37(48)38(49)17-30/h5-17,20-21,39-40,43H,18-19,22-24H2,1-4H3,(H,52,54)(H,56,57)/t39?,40-,43+/m0/s1. The third-order valence-corrected chi connectivity index (χ3v) is 11.9. The number of carboxylic acids is 1. The molecule has 0 radical (unpaired) electrons. The van der Waals surface area contributed by atoms with Crippen molar-refractivity contribution >= 4 is 41.0 Å². The molecular formula is C47H42Cl2N4O8. The third-order valence-electron chi connectivity index (χ3n) is 11.1. The van der Waals surface area contributed by atoms with Gasteiger partial charge >= 0.3 is 5.97 Å². The highest BCUT2D eigenvalue weighted by Gasteiger charge is 2.40. The van der Waals surface area contributed by atoms with E-state index < -0.39 is 36.0 Å². The number of hydrogen-bond acceptors (Lipinski definition) is 9. The molecule has 2 aliphatic heterocycles. The summed E-state index contributed by atoms with van der Waals surface area (Å²) in [4.78, 5) is 51.0. The molecule has 0 fully saturated rings. The van der Waals surface area contributed by atoms with Crippen molar-refractivity contribution in [3.8, 4) is 28.4 Å². The van der Waals surface area contributed by atoms with E-state index >= 15 is 0 Å². The maximum Gasteiger partial charge on any atom is 0.326 e. The maximum atomic E-state index is 14.2. The predicted octanol–water partition coefficient (Wildman–Crippen LogP) is 8.75. The first kappa shape index (κ1) is 41.4. The minimum atomic E-state index is -1.27. The average Bonchev–Trinajstić information content (AvgIpc) is 3.60.